The number of Topliss-reactive ketones (excluding diaryl/α,β-unsaturated/α-hetero) is 1. The Morgan fingerprint density at radius 3 is 2.45 bits per heavy atom. The van der Waals surface area contributed by atoms with Crippen molar-refractivity contribution in [2.75, 3.05) is 7.11 Å². The molecule has 0 saturated heterocycles. The number of allylic oxidation sites excluding steroid dienone is 2. The maximum absolute atomic E-state index is 12.0. The van der Waals surface area contributed by atoms with Crippen molar-refractivity contribution in [2.45, 2.75) is 88.5 Å². The van der Waals surface area contributed by atoms with Crippen LogP contribution < -0.4 is 0 Å². The van der Waals surface area contributed by atoms with Crippen LogP contribution in [0.1, 0.15) is 77.6 Å². The van der Waals surface area contributed by atoms with Gasteiger partial charge in [0.05, 0.1) is 7.11 Å². The third kappa shape index (κ3) is 6.98. The summed E-state index contributed by atoms with van der Waals surface area (Å²) >= 11 is 11.1. The molecule has 0 spiro atoms. The Hall–Kier alpha value is -1.53. The molecule has 2 unspecified atom stereocenters. The predicted molar refractivity (Wildman–Crippen MR) is 119 cm³/mol. The van der Waals surface area contributed by atoms with Crippen molar-refractivity contribution in [3.8, 4) is 0 Å². The molecule has 2 atom stereocenters. The van der Waals surface area contributed by atoms with Gasteiger partial charge in [0.15, 0.2) is 16.2 Å². The topological polar surface area (TPSA) is 89.9 Å². The lowest BCUT2D eigenvalue weighted by Crippen LogP contribution is -2.45. The number of aliphatic hydroxyl groups excluding tert-OH is 1. The van der Waals surface area contributed by atoms with E-state index in [1.807, 2.05) is 0 Å². The van der Waals surface area contributed by atoms with Crippen LogP contribution in [0.25, 0.3) is 0 Å². The molecule has 8 heteroatoms. The van der Waals surface area contributed by atoms with Gasteiger partial charge in [0.2, 0.25) is 0 Å². The van der Waals surface area contributed by atoms with Gasteiger partial charge in [0.25, 0.3) is 0 Å². The number of cyclic esters (lactones) is 1. The Labute approximate surface area is 193 Å². The Balaban J connectivity index is 0.000000323. The fraction of sp³-hybridized carbons (Fsp3) is 0.696. The molecule has 0 radical (unpaired) electrons. The number of hydrogen-bond acceptors (Lipinski definition) is 6. The molecule has 1 heterocycles. The normalized spacial score (nSPS) is 25.2. The van der Waals surface area contributed by atoms with Gasteiger partial charge in [-0.2, -0.15) is 0 Å². The van der Waals surface area contributed by atoms with Gasteiger partial charge in [-0.05, 0) is 64.2 Å². The van der Waals surface area contributed by atoms with Gasteiger partial charge in [-0.1, -0.05) is 36.1 Å². The number of ketones is 1. The van der Waals surface area contributed by atoms with Crippen LogP contribution in [0.5, 0.6) is 0 Å². The molecule has 1 N–H and O–H groups in total. The molecule has 0 amide bonds. The number of hydrogen-bond donors (Lipinski definition) is 1. The molecule has 174 valence electrons. The SMILES string of the molecule is COC(=O)C(Cl)C(C)=O.O=C1OC(CCC2=CCCCC2)(C2CCCC2)CC(O)=C1Cl. The van der Waals surface area contributed by atoms with Gasteiger partial charge in [0, 0.05) is 6.42 Å². The number of rotatable bonds is 6. The van der Waals surface area contributed by atoms with Crippen molar-refractivity contribution in [2.24, 2.45) is 5.92 Å². The summed E-state index contributed by atoms with van der Waals surface area (Å²) in [6.45, 7) is 1.23. The summed E-state index contributed by atoms with van der Waals surface area (Å²) in [5, 5.41) is 8.84. The van der Waals surface area contributed by atoms with Gasteiger partial charge in [-0.15, -0.1) is 11.6 Å². The van der Waals surface area contributed by atoms with Crippen LogP contribution in [-0.4, -0.2) is 40.9 Å². The monoisotopic (exact) mass is 474 g/mol. The number of alkyl halides is 1. The molecular formula is C23H32Cl2O6. The number of aliphatic hydroxyl groups is 1. The third-order valence-corrected chi connectivity index (χ3v) is 7.17. The lowest BCUT2D eigenvalue weighted by Gasteiger charge is -2.41. The highest BCUT2D eigenvalue weighted by Crippen LogP contribution is 2.46. The van der Waals surface area contributed by atoms with Crippen LogP contribution in [0.4, 0.5) is 0 Å². The summed E-state index contributed by atoms with van der Waals surface area (Å²) in [5.41, 5.74) is 0.939. The Morgan fingerprint density at radius 2 is 1.97 bits per heavy atom. The Morgan fingerprint density at radius 1 is 1.29 bits per heavy atom. The number of ether oxygens (including phenoxy) is 2. The van der Waals surface area contributed by atoms with Gasteiger partial charge in [-0.25, -0.2) is 9.59 Å². The van der Waals surface area contributed by atoms with Crippen molar-refractivity contribution in [1.82, 2.24) is 0 Å². The summed E-state index contributed by atoms with van der Waals surface area (Å²) in [4.78, 5) is 32.7. The maximum Gasteiger partial charge on any atom is 0.353 e. The fourth-order valence-corrected chi connectivity index (χ4v) is 4.74. The molecule has 0 aromatic carbocycles. The van der Waals surface area contributed by atoms with Crippen molar-refractivity contribution < 1.29 is 29.0 Å². The maximum atomic E-state index is 12.0. The zero-order valence-electron chi connectivity index (χ0n) is 18.3. The highest BCUT2D eigenvalue weighted by atomic mass is 35.5. The number of halogens is 2. The zero-order chi connectivity index (χ0) is 23.0. The van der Waals surface area contributed by atoms with Crippen LogP contribution in [0.15, 0.2) is 22.4 Å². The molecule has 2 aliphatic carbocycles. The highest BCUT2D eigenvalue weighted by molar-refractivity contribution is 6.41. The average Bonchev–Trinajstić information content (AvgIpc) is 3.31. The number of esters is 2. The summed E-state index contributed by atoms with van der Waals surface area (Å²) < 4.78 is 10.00. The number of carbonyl (C=O) groups excluding carboxylic acids is 3. The van der Waals surface area contributed by atoms with E-state index in [-0.39, 0.29) is 10.8 Å². The van der Waals surface area contributed by atoms with Crippen LogP contribution in [0.3, 0.4) is 0 Å². The minimum Gasteiger partial charge on any atom is -0.510 e. The summed E-state index contributed by atoms with van der Waals surface area (Å²) in [7, 11) is 1.18. The second-order valence-electron chi connectivity index (χ2n) is 8.48. The lowest BCUT2D eigenvalue weighted by atomic mass is 9.76. The van der Waals surface area contributed by atoms with E-state index in [9.17, 15) is 19.5 Å². The quantitative estimate of drug-likeness (QED) is 0.236. The second kappa shape index (κ2) is 11.9. The third-order valence-electron chi connectivity index (χ3n) is 6.31. The molecule has 3 aliphatic rings. The highest BCUT2D eigenvalue weighted by Gasteiger charge is 2.47. The van der Waals surface area contributed by atoms with Crippen LogP contribution in [0.2, 0.25) is 0 Å². The standard InChI is InChI=1S/C18H25ClO3.C5H7ClO3/c19-16-15(20)12-18(22-17(16)21,14-8-4-5-9-14)11-10-13-6-2-1-3-7-13;1-3(7)4(6)5(8)9-2/h6,14,20H,1-5,7-12H2;4H,1-2H3. The van der Waals surface area contributed by atoms with Crippen LogP contribution in [-0.2, 0) is 23.9 Å². The van der Waals surface area contributed by atoms with Crippen LogP contribution in [0, 0.1) is 5.92 Å². The molecule has 31 heavy (non-hydrogen) atoms. The van der Waals surface area contributed by atoms with Crippen molar-refractivity contribution in [3.05, 3.63) is 22.4 Å². The second-order valence-corrected chi connectivity index (χ2v) is 9.29. The summed E-state index contributed by atoms with van der Waals surface area (Å²) in [6, 6.07) is 0. The van der Waals surface area contributed by atoms with E-state index in [1.165, 1.54) is 51.7 Å². The molecule has 0 aromatic rings. The Kier molecular flexibility index (Phi) is 9.89. The minimum absolute atomic E-state index is 0.0161. The largest absolute Gasteiger partial charge is 0.510 e. The first-order valence-corrected chi connectivity index (χ1v) is 11.7. The van der Waals surface area contributed by atoms with Gasteiger partial charge in [-0.3, -0.25) is 4.79 Å². The van der Waals surface area contributed by atoms with Crippen molar-refractivity contribution in [1.29, 1.82) is 0 Å². The van der Waals surface area contributed by atoms with Gasteiger partial charge in [0.1, 0.15) is 11.4 Å². The summed E-state index contributed by atoms with van der Waals surface area (Å²) in [5.74, 6) is -1.28. The van der Waals surface area contributed by atoms with E-state index in [0.29, 0.717) is 12.3 Å². The van der Waals surface area contributed by atoms with E-state index in [1.54, 1.807) is 0 Å². The molecule has 1 saturated carbocycles. The number of methoxy groups -OCH3 is 1. The first kappa shape index (κ1) is 25.7. The van der Waals surface area contributed by atoms with Crippen LogP contribution >= 0.6 is 23.2 Å². The molecule has 3 rings (SSSR count). The number of carbonyl (C=O) groups is 3. The van der Waals surface area contributed by atoms with E-state index >= 15 is 0 Å². The molecule has 0 aromatic heterocycles. The molecule has 1 aliphatic heterocycles. The first-order chi connectivity index (χ1) is 14.7. The van der Waals surface area contributed by atoms with Gasteiger partial charge < -0.3 is 14.6 Å². The predicted octanol–water partition coefficient (Wildman–Crippen LogP) is 5.51. The molecule has 1 fully saturated rings. The zero-order valence-corrected chi connectivity index (χ0v) is 19.8. The minimum atomic E-state index is -1.14. The van der Waals surface area contributed by atoms with E-state index in [0.717, 1.165) is 32.1 Å². The average molecular weight is 475 g/mol. The lowest BCUT2D eigenvalue weighted by molar-refractivity contribution is -0.166. The van der Waals surface area contributed by atoms with E-state index in [2.05, 4.69) is 10.8 Å². The van der Waals surface area contributed by atoms with Crippen molar-refractivity contribution in [3.63, 3.8) is 0 Å². The Bertz CT molecular complexity index is 738. The fourth-order valence-electron chi connectivity index (χ4n) is 4.54. The smallest absolute Gasteiger partial charge is 0.353 e. The summed E-state index contributed by atoms with van der Waals surface area (Å²) in [6.07, 6.45) is 13.9. The first-order valence-electron chi connectivity index (χ1n) is 10.9. The van der Waals surface area contributed by atoms with Gasteiger partial charge >= 0.3 is 11.9 Å². The molecular weight excluding hydrogens is 443 g/mol. The molecule has 6 nitrogen and oxygen atoms in total. The molecule has 0 bridgehead atoms. The van der Waals surface area contributed by atoms with E-state index < -0.39 is 28.7 Å². The van der Waals surface area contributed by atoms with Crippen molar-refractivity contribution >= 4 is 40.9 Å². The van der Waals surface area contributed by atoms with E-state index in [4.69, 9.17) is 27.9 Å².